The van der Waals surface area contributed by atoms with Crippen LogP contribution in [0.2, 0.25) is 0 Å². The van der Waals surface area contributed by atoms with Gasteiger partial charge in [-0.1, -0.05) is 139 Å². The summed E-state index contributed by atoms with van der Waals surface area (Å²) < 4.78 is 2.39. The Kier molecular flexibility index (Phi) is 8.57. The van der Waals surface area contributed by atoms with Gasteiger partial charge in [0.1, 0.15) is 0 Å². The molecule has 0 radical (unpaired) electrons. The SMILES string of the molecule is C/C=C\C(Nc1cccc(-c2nc(-c3ccccc3)cc(-c3ccccc3)n2)c1-c1ccccc1-n1c2ccccc2c2ccccc21)=C(C)C. The van der Waals surface area contributed by atoms with Gasteiger partial charge < -0.3 is 9.88 Å². The standard InChI is InChI=1S/C47H38N4/c1-4-18-39(32(2)3)48-40-27-17-26-38(47-49-41(33-19-7-5-8-20-33)31-42(50-47)34-21-9-6-10-22-34)46(40)37-25-13-16-30-45(37)51-43-28-14-11-23-35(43)36-24-12-15-29-44(36)51/h4-31,48H,1-3H3/b18-4-. The van der Waals surface area contributed by atoms with E-state index in [0.29, 0.717) is 5.82 Å². The largest absolute Gasteiger partial charge is 0.355 e. The van der Waals surface area contributed by atoms with Gasteiger partial charge in [-0.15, -0.1) is 0 Å². The molecule has 0 saturated carbocycles. The average Bonchev–Trinajstić information content (AvgIpc) is 3.52. The minimum Gasteiger partial charge on any atom is -0.355 e. The number of para-hydroxylation sites is 3. The lowest BCUT2D eigenvalue weighted by Crippen LogP contribution is -2.05. The van der Waals surface area contributed by atoms with Gasteiger partial charge in [0.2, 0.25) is 0 Å². The monoisotopic (exact) mass is 658 g/mol. The van der Waals surface area contributed by atoms with Gasteiger partial charge in [0, 0.05) is 50.0 Å². The fourth-order valence-corrected chi connectivity index (χ4v) is 6.92. The van der Waals surface area contributed by atoms with Crippen molar-refractivity contribution in [1.82, 2.24) is 14.5 Å². The number of aromatic nitrogens is 3. The number of nitrogens with one attached hydrogen (secondary N) is 1. The summed E-state index contributed by atoms with van der Waals surface area (Å²) in [5.74, 6) is 0.663. The van der Waals surface area contributed by atoms with Crippen LogP contribution in [0.15, 0.2) is 181 Å². The van der Waals surface area contributed by atoms with E-state index < -0.39 is 0 Å². The van der Waals surface area contributed by atoms with E-state index in [9.17, 15) is 0 Å². The molecule has 0 fully saturated rings. The highest BCUT2D eigenvalue weighted by atomic mass is 15.0. The Morgan fingerprint density at radius 3 is 1.69 bits per heavy atom. The summed E-state index contributed by atoms with van der Waals surface area (Å²) in [6, 6.07) is 55.2. The minimum absolute atomic E-state index is 0.663. The minimum atomic E-state index is 0.663. The highest BCUT2D eigenvalue weighted by Gasteiger charge is 2.22. The molecule has 4 heteroatoms. The highest BCUT2D eigenvalue weighted by molar-refractivity contribution is 6.10. The lowest BCUT2D eigenvalue weighted by molar-refractivity contribution is 1.17. The van der Waals surface area contributed by atoms with Crippen LogP contribution >= 0.6 is 0 Å². The van der Waals surface area contributed by atoms with Crippen molar-refractivity contribution >= 4 is 27.5 Å². The van der Waals surface area contributed by atoms with Gasteiger partial charge in [0.25, 0.3) is 0 Å². The molecule has 0 aliphatic rings. The van der Waals surface area contributed by atoms with Gasteiger partial charge in [-0.2, -0.15) is 0 Å². The molecule has 8 rings (SSSR count). The molecule has 1 N–H and O–H groups in total. The first-order valence-electron chi connectivity index (χ1n) is 17.4. The molecule has 51 heavy (non-hydrogen) atoms. The average molecular weight is 659 g/mol. The van der Waals surface area contributed by atoms with E-state index in [1.54, 1.807) is 0 Å². The van der Waals surface area contributed by atoms with E-state index in [-0.39, 0.29) is 0 Å². The summed E-state index contributed by atoms with van der Waals surface area (Å²) in [7, 11) is 0. The number of fused-ring (bicyclic) bond motifs is 3. The van der Waals surface area contributed by atoms with Crippen molar-refractivity contribution in [2.24, 2.45) is 0 Å². The number of hydrogen-bond acceptors (Lipinski definition) is 3. The van der Waals surface area contributed by atoms with Gasteiger partial charge >= 0.3 is 0 Å². The molecule has 4 nitrogen and oxygen atoms in total. The fraction of sp³-hybridized carbons (Fsp3) is 0.0638. The van der Waals surface area contributed by atoms with E-state index in [1.807, 2.05) is 19.1 Å². The van der Waals surface area contributed by atoms with E-state index in [2.05, 4.69) is 181 Å². The van der Waals surface area contributed by atoms with Gasteiger partial charge in [-0.3, -0.25) is 0 Å². The van der Waals surface area contributed by atoms with Crippen molar-refractivity contribution in [1.29, 1.82) is 0 Å². The Morgan fingerprint density at radius 1 is 0.569 bits per heavy atom. The Balaban J connectivity index is 1.45. The quantitative estimate of drug-likeness (QED) is 0.165. The number of hydrogen-bond donors (Lipinski definition) is 1. The van der Waals surface area contributed by atoms with E-state index >= 15 is 0 Å². The van der Waals surface area contributed by atoms with Gasteiger partial charge in [0.15, 0.2) is 5.82 Å². The summed E-state index contributed by atoms with van der Waals surface area (Å²) in [5, 5.41) is 6.27. The number of nitrogens with zero attached hydrogens (tertiary/aromatic N) is 3. The van der Waals surface area contributed by atoms with Crippen LogP contribution in [-0.2, 0) is 0 Å². The summed E-state index contributed by atoms with van der Waals surface area (Å²) >= 11 is 0. The Hall–Kier alpha value is -6.52. The maximum atomic E-state index is 5.30. The fourth-order valence-electron chi connectivity index (χ4n) is 6.92. The second kappa shape index (κ2) is 13.8. The summed E-state index contributed by atoms with van der Waals surface area (Å²) in [6.07, 6.45) is 4.20. The Morgan fingerprint density at radius 2 is 1.10 bits per heavy atom. The van der Waals surface area contributed by atoms with E-state index in [0.717, 1.165) is 67.3 Å². The Labute approximate surface area is 299 Å². The Bertz CT molecular complexity index is 2460. The molecule has 0 saturated heterocycles. The molecule has 0 spiro atoms. The first-order valence-corrected chi connectivity index (χ1v) is 17.4. The molecular weight excluding hydrogens is 621 g/mol. The predicted octanol–water partition coefficient (Wildman–Crippen LogP) is 12.5. The van der Waals surface area contributed by atoms with Gasteiger partial charge in [0.05, 0.1) is 28.1 Å². The molecule has 0 aliphatic carbocycles. The zero-order valence-electron chi connectivity index (χ0n) is 29.0. The zero-order chi connectivity index (χ0) is 34.7. The highest BCUT2D eigenvalue weighted by Crippen LogP contribution is 2.43. The number of rotatable bonds is 8. The lowest BCUT2D eigenvalue weighted by Gasteiger charge is -2.21. The summed E-state index contributed by atoms with van der Waals surface area (Å²) in [6.45, 7) is 6.32. The van der Waals surface area contributed by atoms with Crippen LogP contribution in [0.1, 0.15) is 20.8 Å². The molecule has 0 aliphatic heterocycles. The normalized spacial score (nSPS) is 11.4. The maximum absolute atomic E-state index is 5.30. The van der Waals surface area contributed by atoms with Gasteiger partial charge in [-0.25, -0.2) is 9.97 Å². The number of allylic oxidation sites excluding steroid dienone is 3. The topological polar surface area (TPSA) is 42.7 Å². The van der Waals surface area contributed by atoms with Crippen LogP contribution in [0.25, 0.3) is 72.5 Å². The molecule has 0 bridgehead atoms. The molecule has 6 aromatic carbocycles. The maximum Gasteiger partial charge on any atom is 0.161 e. The van der Waals surface area contributed by atoms with Crippen molar-refractivity contribution in [3.63, 3.8) is 0 Å². The lowest BCUT2D eigenvalue weighted by atomic mass is 9.94. The van der Waals surface area contributed by atoms with E-state index in [4.69, 9.17) is 9.97 Å². The molecular formula is C47H38N4. The first-order chi connectivity index (χ1) is 25.1. The zero-order valence-corrected chi connectivity index (χ0v) is 29.0. The van der Waals surface area contributed by atoms with Crippen LogP contribution in [0, 0.1) is 0 Å². The number of anilines is 1. The van der Waals surface area contributed by atoms with Crippen molar-refractivity contribution in [2.45, 2.75) is 20.8 Å². The van der Waals surface area contributed by atoms with Crippen molar-refractivity contribution in [3.05, 3.63) is 181 Å². The third kappa shape index (κ3) is 6.02. The van der Waals surface area contributed by atoms with Crippen LogP contribution < -0.4 is 5.32 Å². The van der Waals surface area contributed by atoms with Crippen LogP contribution in [-0.4, -0.2) is 14.5 Å². The molecule has 0 amide bonds. The van der Waals surface area contributed by atoms with Crippen molar-refractivity contribution in [3.8, 4) is 50.7 Å². The summed E-state index contributed by atoms with van der Waals surface area (Å²) in [5.41, 5.74) is 13.5. The van der Waals surface area contributed by atoms with Crippen LogP contribution in [0.5, 0.6) is 0 Å². The third-order valence-electron chi connectivity index (χ3n) is 9.31. The first kappa shape index (κ1) is 31.7. The summed E-state index contributed by atoms with van der Waals surface area (Å²) in [4.78, 5) is 10.6. The molecule has 0 unspecified atom stereocenters. The van der Waals surface area contributed by atoms with Crippen LogP contribution in [0.3, 0.4) is 0 Å². The van der Waals surface area contributed by atoms with E-state index in [1.165, 1.54) is 16.3 Å². The number of benzene rings is 6. The smallest absolute Gasteiger partial charge is 0.161 e. The third-order valence-corrected chi connectivity index (χ3v) is 9.31. The second-order valence-electron chi connectivity index (χ2n) is 12.8. The second-order valence-corrected chi connectivity index (χ2v) is 12.8. The molecule has 2 aromatic heterocycles. The molecule has 2 heterocycles. The molecule has 8 aromatic rings. The molecule has 246 valence electrons. The molecule has 0 atom stereocenters. The van der Waals surface area contributed by atoms with Gasteiger partial charge in [-0.05, 0) is 57.2 Å². The van der Waals surface area contributed by atoms with Crippen molar-refractivity contribution in [2.75, 3.05) is 5.32 Å². The van der Waals surface area contributed by atoms with Crippen molar-refractivity contribution < 1.29 is 0 Å². The predicted molar refractivity (Wildman–Crippen MR) is 215 cm³/mol. The van der Waals surface area contributed by atoms with Crippen LogP contribution in [0.4, 0.5) is 5.69 Å².